The van der Waals surface area contributed by atoms with Crippen LogP contribution in [0.15, 0.2) is 24.3 Å². The standard InChI is InChI=1S/C16H25NO2/c1-6-17(7-2)12-13-8-10-14(11-9-13)15(18)19-16(3,4)5/h8-11H,6-7,12H2,1-5H3. The summed E-state index contributed by atoms with van der Waals surface area (Å²) in [6.07, 6.45) is 0. The Bertz CT molecular complexity index is 400. The summed E-state index contributed by atoms with van der Waals surface area (Å²) in [7, 11) is 0. The molecule has 19 heavy (non-hydrogen) atoms. The summed E-state index contributed by atoms with van der Waals surface area (Å²) in [5.41, 5.74) is 1.38. The number of esters is 1. The molecule has 0 N–H and O–H groups in total. The smallest absolute Gasteiger partial charge is 0.338 e. The second-order valence-corrected chi connectivity index (χ2v) is 5.66. The lowest BCUT2D eigenvalue weighted by Gasteiger charge is -2.20. The molecule has 3 nitrogen and oxygen atoms in total. The van der Waals surface area contributed by atoms with E-state index in [1.54, 1.807) is 0 Å². The van der Waals surface area contributed by atoms with E-state index in [0.717, 1.165) is 19.6 Å². The largest absolute Gasteiger partial charge is 0.456 e. The minimum Gasteiger partial charge on any atom is -0.456 e. The van der Waals surface area contributed by atoms with E-state index < -0.39 is 5.60 Å². The maximum Gasteiger partial charge on any atom is 0.338 e. The van der Waals surface area contributed by atoms with Crippen molar-refractivity contribution < 1.29 is 9.53 Å². The highest BCUT2D eigenvalue weighted by Gasteiger charge is 2.17. The molecular formula is C16H25NO2. The molecule has 0 fully saturated rings. The molecule has 1 rings (SSSR count). The number of hydrogen-bond donors (Lipinski definition) is 0. The van der Waals surface area contributed by atoms with E-state index in [1.165, 1.54) is 5.56 Å². The maximum atomic E-state index is 11.9. The van der Waals surface area contributed by atoms with E-state index in [4.69, 9.17) is 4.74 Å². The van der Waals surface area contributed by atoms with E-state index in [9.17, 15) is 4.79 Å². The summed E-state index contributed by atoms with van der Waals surface area (Å²) in [6, 6.07) is 7.68. The molecule has 1 aromatic rings. The normalized spacial score (nSPS) is 11.7. The van der Waals surface area contributed by atoms with Crippen LogP contribution in [0.25, 0.3) is 0 Å². The average molecular weight is 263 g/mol. The molecule has 0 unspecified atom stereocenters. The van der Waals surface area contributed by atoms with Gasteiger partial charge in [0.15, 0.2) is 0 Å². The predicted octanol–water partition coefficient (Wildman–Crippen LogP) is 3.48. The van der Waals surface area contributed by atoms with Crippen LogP contribution in [0.1, 0.15) is 50.5 Å². The molecule has 0 atom stereocenters. The van der Waals surface area contributed by atoms with E-state index in [0.29, 0.717) is 5.56 Å². The molecule has 0 heterocycles. The van der Waals surface area contributed by atoms with Crippen molar-refractivity contribution in [2.45, 2.75) is 46.8 Å². The molecule has 3 heteroatoms. The molecule has 106 valence electrons. The quantitative estimate of drug-likeness (QED) is 0.762. The number of hydrogen-bond acceptors (Lipinski definition) is 3. The third kappa shape index (κ3) is 5.43. The van der Waals surface area contributed by atoms with Gasteiger partial charge in [-0.15, -0.1) is 0 Å². The Morgan fingerprint density at radius 1 is 1.11 bits per heavy atom. The Morgan fingerprint density at radius 2 is 1.63 bits per heavy atom. The number of carbonyl (C=O) groups is 1. The van der Waals surface area contributed by atoms with Crippen LogP contribution in [0.4, 0.5) is 0 Å². The minimum atomic E-state index is -0.447. The summed E-state index contributed by atoms with van der Waals surface area (Å²) in [5, 5.41) is 0. The summed E-state index contributed by atoms with van der Waals surface area (Å²) in [5.74, 6) is -0.262. The Kier molecular flexibility index (Phi) is 5.55. The van der Waals surface area contributed by atoms with Crippen LogP contribution in [-0.4, -0.2) is 29.6 Å². The minimum absolute atomic E-state index is 0.262. The molecule has 0 aliphatic carbocycles. The maximum absolute atomic E-state index is 11.9. The molecule has 0 radical (unpaired) electrons. The van der Waals surface area contributed by atoms with Gasteiger partial charge < -0.3 is 4.74 Å². The molecule has 0 aliphatic heterocycles. The highest BCUT2D eigenvalue weighted by Crippen LogP contribution is 2.13. The molecule has 0 saturated heterocycles. The van der Waals surface area contributed by atoms with Crippen LogP contribution in [0.3, 0.4) is 0 Å². The van der Waals surface area contributed by atoms with Gasteiger partial charge in [-0.05, 0) is 51.6 Å². The fourth-order valence-electron chi connectivity index (χ4n) is 1.79. The highest BCUT2D eigenvalue weighted by atomic mass is 16.6. The van der Waals surface area contributed by atoms with Gasteiger partial charge >= 0.3 is 5.97 Å². The zero-order valence-corrected chi connectivity index (χ0v) is 12.7. The zero-order chi connectivity index (χ0) is 14.5. The molecule has 0 amide bonds. The molecule has 0 bridgehead atoms. The first-order valence-electron chi connectivity index (χ1n) is 6.90. The van der Waals surface area contributed by atoms with E-state index >= 15 is 0 Å². The fraction of sp³-hybridized carbons (Fsp3) is 0.562. The summed E-state index contributed by atoms with van der Waals surface area (Å²) in [4.78, 5) is 14.2. The summed E-state index contributed by atoms with van der Waals surface area (Å²) in [6.45, 7) is 12.9. The number of rotatable bonds is 5. The van der Waals surface area contributed by atoms with Gasteiger partial charge in [-0.2, -0.15) is 0 Å². The first kappa shape index (κ1) is 15.7. The van der Waals surface area contributed by atoms with Crippen molar-refractivity contribution >= 4 is 5.97 Å². The van der Waals surface area contributed by atoms with Crippen LogP contribution in [0.5, 0.6) is 0 Å². The van der Waals surface area contributed by atoms with Gasteiger partial charge in [-0.3, -0.25) is 4.90 Å². The second kappa shape index (κ2) is 6.71. The third-order valence-corrected chi connectivity index (χ3v) is 2.89. The van der Waals surface area contributed by atoms with Gasteiger partial charge in [0.1, 0.15) is 5.60 Å². The van der Waals surface area contributed by atoms with Gasteiger partial charge in [0, 0.05) is 6.54 Å². The van der Waals surface area contributed by atoms with E-state index in [2.05, 4.69) is 18.7 Å². The van der Waals surface area contributed by atoms with Crippen molar-refractivity contribution in [3.05, 3.63) is 35.4 Å². The van der Waals surface area contributed by atoms with Crippen LogP contribution >= 0.6 is 0 Å². The van der Waals surface area contributed by atoms with Crippen molar-refractivity contribution in [2.24, 2.45) is 0 Å². The monoisotopic (exact) mass is 263 g/mol. The van der Waals surface area contributed by atoms with Gasteiger partial charge in [0.05, 0.1) is 5.56 Å². The molecule has 0 spiro atoms. The van der Waals surface area contributed by atoms with Crippen LogP contribution in [0.2, 0.25) is 0 Å². The van der Waals surface area contributed by atoms with Crippen molar-refractivity contribution in [1.29, 1.82) is 0 Å². The summed E-state index contributed by atoms with van der Waals surface area (Å²) < 4.78 is 5.34. The van der Waals surface area contributed by atoms with E-state index in [1.807, 2.05) is 45.0 Å². The Balaban J connectivity index is 2.68. The van der Waals surface area contributed by atoms with Crippen molar-refractivity contribution in [1.82, 2.24) is 4.90 Å². The molecule has 0 aliphatic rings. The number of ether oxygens (including phenoxy) is 1. The molecular weight excluding hydrogens is 238 g/mol. The van der Waals surface area contributed by atoms with Crippen LogP contribution in [0, 0.1) is 0 Å². The topological polar surface area (TPSA) is 29.5 Å². The van der Waals surface area contributed by atoms with Crippen molar-refractivity contribution in [2.75, 3.05) is 13.1 Å². The SMILES string of the molecule is CCN(CC)Cc1ccc(C(=O)OC(C)(C)C)cc1. The Hall–Kier alpha value is -1.35. The summed E-state index contributed by atoms with van der Waals surface area (Å²) >= 11 is 0. The van der Waals surface area contributed by atoms with Crippen molar-refractivity contribution in [3.63, 3.8) is 0 Å². The van der Waals surface area contributed by atoms with Crippen LogP contribution in [-0.2, 0) is 11.3 Å². The Labute approximate surface area is 116 Å². The molecule has 1 aromatic carbocycles. The lowest BCUT2D eigenvalue weighted by Crippen LogP contribution is -2.24. The lowest BCUT2D eigenvalue weighted by molar-refractivity contribution is 0.00695. The van der Waals surface area contributed by atoms with Gasteiger partial charge in [-0.25, -0.2) is 4.79 Å². The second-order valence-electron chi connectivity index (χ2n) is 5.66. The van der Waals surface area contributed by atoms with E-state index in [-0.39, 0.29) is 5.97 Å². The number of nitrogens with zero attached hydrogens (tertiary/aromatic N) is 1. The predicted molar refractivity (Wildman–Crippen MR) is 78.2 cm³/mol. The molecule has 0 saturated carbocycles. The van der Waals surface area contributed by atoms with Gasteiger partial charge in [0.2, 0.25) is 0 Å². The van der Waals surface area contributed by atoms with Gasteiger partial charge in [-0.1, -0.05) is 26.0 Å². The highest BCUT2D eigenvalue weighted by molar-refractivity contribution is 5.89. The van der Waals surface area contributed by atoms with Crippen LogP contribution < -0.4 is 0 Å². The third-order valence-electron chi connectivity index (χ3n) is 2.89. The zero-order valence-electron chi connectivity index (χ0n) is 12.7. The first-order valence-corrected chi connectivity index (χ1v) is 6.90. The number of benzene rings is 1. The van der Waals surface area contributed by atoms with Gasteiger partial charge in [0.25, 0.3) is 0 Å². The first-order chi connectivity index (χ1) is 8.85. The molecule has 0 aromatic heterocycles. The van der Waals surface area contributed by atoms with Crippen molar-refractivity contribution in [3.8, 4) is 0 Å². The lowest BCUT2D eigenvalue weighted by atomic mass is 10.1. The average Bonchev–Trinajstić information content (AvgIpc) is 2.34. The fourth-order valence-corrected chi connectivity index (χ4v) is 1.79. The Morgan fingerprint density at radius 3 is 2.05 bits per heavy atom. The number of carbonyl (C=O) groups excluding carboxylic acids is 1.